The topological polar surface area (TPSA) is 21.6 Å². The highest BCUT2D eigenvalue weighted by atomic mass is 16.5. The van der Waals surface area contributed by atoms with Gasteiger partial charge in [-0.25, -0.2) is 0 Å². The SMILES string of the molecule is CCN=C(C)C(CC)(OC)C(C)CC. The van der Waals surface area contributed by atoms with E-state index in [9.17, 15) is 0 Å². The van der Waals surface area contributed by atoms with Gasteiger partial charge in [0.05, 0.1) is 0 Å². The second-order valence-corrected chi connectivity index (χ2v) is 3.82. The maximum absolute atomic E-state index is 5.72. The molecule has 2 unspecified atom stereocenters. The standard InChI is InChI=1S/C12H25NO/c1-7-10(4)12(8-2,14-6)11(5)13-9-3/h10H,7-9H2,1-6H3. The molecule has 2 nitrogen and oxygen atoms in total. The normalized spacial score (nSPS) is 19.1. The average molecular weight is 199 g/mol. The van der Waals surface area contributed by atoms with Crippen LogP contribution in [0.25, 0.3) is 0 Å². The molecule has 0 aromatic heterocycles. The lowest BCUT2D eigenvalue weighted by atomic mass is 9.81. The summed E-state index contributed by atoms with van der Waals surface area (Å²) >= 11 is 0. The van der Waals surface area contributed by atoms with Crippen molar-refractivity contribution in [2.45, 2.75) is 53.1 Å². The Morgan fingerprint density at radius 1 is 1.36 bits per heavy atom. The minimum absolute atomic E-state index is 0.148. The van der Waals surface area contributed by atoms with E-state index >= 15 is 0 Å². The first-order chi connectivity index (χ1) is 6.58. The summed E-state index contributed by atoms with van der Waals surface area (Å²) in [5, 5.41) is 0. The first-order valence-corrected chi connectivity index (χ1v) is 5.65. The van der Waals surface area contributed by atoms with Crippen LogP contribution in [-0.2, 0) is 4.74 Å². The number of nitrogens with zero attached hydrogens (tertiary/aromatic N) is 1. The molecule has 14 heavy (non-hydrogen) atoms. The lowest BCUT2D eigenvalue weighted by Crippen LogP contribution is -2.45. The predicted octanol–water partition coefficient (Wildman–Crippen LogP) is 3.31. The van der Waals surface area contributed by atoms with E-state index in [1.54, 1.807) is 7.11 Å². The molecule has 0 saturated heterocycles. The molecule has 0 N–H and O–H groups in total. The van der Waals surface area contributed by atoms with Crippen LogP contribution in [0, 0.1) is 5.92 Å². The summed E-state index contributed by atoms with van der Waals surface area (Å²) in [6.45, 7) is 11.6. The van der Waals surface area contributed by atoms with E-state index in [0.29, 0.717) is 5.92 Å². The van der Waals surface area contributed by atoms with Crippen molar-refractivity contribution >= 4 is 5.71 Å². The molecule has 84 valence electrons. The number of aliphatic imine (C=N–C) groups is 1. The van der Waals surface area contributed by atoms with Crippen molar-refractivity contribution in [2.75, 3.05) is 13.7 Å². The van der Waals surface area contributed by atoms with Gasteiger partial charge < -0.3 is 4.74 Å². The van der Waals surface area contributed by atoms with Crippen LogP contribution in [0.3, 0.4) is 0 Å². The lowest BCUT2D eigenvalue weighted by molar-refractivity contribution is 0.000694. The van der Waals surface area contributed by atoms with Gasteiger partial charge in [0.2, 0.25) is 0 Å². The summed E-state index contributed by atoms with van der Waals surface area (Å²) in [6, 6.07) is 0. The van der Waals surface area contributed by atoms with Crippen LogP contribution in [0.15, 0.2) is 4.99 Å². The minimum atomic E-state index is -0.148. The quantitative estimate of drug-likeness (QED) is 0.601. The van der Waals surface area contributed by atoms with E-state index in [0.717, 1.165) is 25.1 Å². The van der Waals surface area contributed by atoms with E-state index in [4.69, 9.17) is 4.74 Å². The van der Waals surface area contributed by atoms with E-state index in [1.807, 2.05) is 0 Å². The van der Waals surface area contributed by atoms with Gasteiger partial charge in [0.1, 0.15) is 5.60 Å². The predicted molar refractivity (Wildman–Crippen MR) is 63.1 cm³/mol. The van der Waals surface area contributed by atoms with E-state index < -0.39 is 0 Å². The van der Waals surface area contributed by atoms with Crippen molar-refractivity contribution in [3.8, 4) is 0 Å². The third-order valence-corrected chi connectivity index (χ3v) is 3.31. The zero-order valence-corrected chi connectivity index (χ0v) is 10.6. The zero-order valence-electron chi connectivity index (χ0n) is 10.6. The van der Waals surface area contributed by atoms with E-state index in [-0.39, 0.29) is 5.60 Å². The van der Waals surface area contributed by atoms with Gasteiger partial charge in [0.25, 0.3) is 0 Å². The first kappa shape index (κ1) is 13.6. The van der Waals surface area contributed by atoms with Gasteiger partial charge in [0, 0.05) is 19.4 Å². The van der Waals surface area contributed by atoms with Crippen molar-refractivity contribution in [1.29, 1.82) is 0 Å². The van der Waals surface area contributed by atoms with Crippen LogP contribution < -0.4 is 0 Å². The fourth-order valence-electron chi connectivity index (χ4n) is 2.15. The number of methoxy groups -OCH3 is 1. The molecule has 0 radical (unpaired) electrons. The summed E-state index contributed by atoms with van der Waals surface area (Å²) in [5.74, 6) is 0.521. The maximum Gasteiger partial charge on any atom is 0.107 e. The maximum atomic E-state index is 5.72. The number of hydrogen-bond donors (Lipinski definition) is 0. The number of ether oxygens (including phenoxy) is 1. The Hall–Kier alpha value is -0.370. The van der Waals surface area contributed by atoms with Gasteiger partial charge in [-0.2, -0.15) is 0 Å². The summed E-state index contributed by atoms with van der Waals surface area (Å²) in [6.07, 6.45) is 2.12. The summed E-state index contributed by atoms with van der Waals surface area (Å²) in [4.78, 5) is 4.50. The molecule has 2 heteroatoms. The molecule has 0 fully saturated rings. The third kappa shape index (κ3) is 2.57. The lowest BCUT2D eigenvalue weighted by Gasteiger charge is -2.37. The molecular formula is C12H25NO. The molecule has 0 saturated carbocycles. The van der Waals surface area contributed by atoms with Crippen LogP contribution in [-0.4, -0.2) is 25.0 Å². The van der Waals surface area contributed by atoms with Crippen molar-refractivity contribution < 1.29 is 4.74 Å². The van der Waals surface area contributed by atoms with Gasteiger partial charge in [0.15, 0.2) is 0 Å². The molecule has 0 aromatic carbocycles. The van der Waals surface area contributed by atoms with Crippen molar-refractivity contribution in [3.05, 3.63) is 0 Å². The molecule has 2 atom stereocenters. The van der Waals surface area contributed by atoms with Crippen LogP contribution in [0.4, 0.5) is 0 Å². The highest BCUT2D eigenvalue weighted by molar-refractivity contribution is 5.90. The highest BCUT2D eigenvalue weighted by Gasteiger charge is 2.36. The molecule has 0 aliphatic rings. The summed E-state index contributed by atoms with van der Waals surface area (Å²) in [7, 11) is 1.80. The molecule has 0 heterocycles. The molecular weight excluding hydrogens is 174 g/mol. The largest absolute Gasteiger partial charge is 0.372 e. The van der Waals surface area contributed by atoms with Crippen LogP contribution >= 0.6 is 0 Å². The number of rotatable bonds is 6. The monoisotopic (exact) mass is 199 g/mol. The molecule has 0 rings (SSSR count). The summed E-state index contributed by atoms with van der Waals surface area (Å²) < 4.78 is 5.72. The Kier molecular flexibility index (Phi) is 6.01. The van der Waals surface area contributed by atoms with E-state index in [2.05, 4.69) is 39.6 Å². The molecule has 0 spiro atoms. The number of hydrogen-bond acceptors (Lipinski definition) is 2. The minimum Gasteiger partial charge on any atom is -0.372 e. The van der Waals surface area contributed by atoms with Crippen molar-refractivity contribution in [3.63, 3.8) is 0 Å². The Bertz CT molecular complexity index is 183. The third-order valence-electron chi connectivity index (χ3n) is 3.31. The Morgan fingerprint density at radius 3 is 2.21 bits per heavy atom. The first-order valence-electron chi connectivity index (χ1n) is 5.65. The van der Waals surface area contributed by atoms with E-state index in [1.165, 1.54) is 0 Å². The van der Waals surface area contributed by atoms with Crippen molar-refractivity contribution in [2.24, 2.45) is 10.9 Å². The van der Waals surface area contributed by atoms with Gasteiger partial charge in [-0.15, -0.1) is 0 Å². The second-order valence-electron chi connectivity index (χ2n) is 3.82. The molecule has 0 bridgehead atoms. The fourth-order valence-corrected chi connectivity index (χ4v) is 2.15. The van der Waals surface area contributed by atoms with Crippen LogP contribution in [0.5, 0.6) is 0 Å². The molecule has 0 aliphatic carbocycles. The molecule has 0 aromatic rings. The van der Waals surface area contributed by atoms with Gasteiger partial charge in [-0.3, -0.25) is 4.99 Å². The molecule has 0 aliphatic heterocycles. The fraction of sp³-hybridized carbons (Fsp3) is 0.917. The Morgan fingerprint density at radius 2 is 1.93 bits per heavy atom. The smallest absolute Gasteiger partial charge is 0.107 e. The van der Waals surface area contributed by atoms with Gasteiger partial charge in [-0.05, 0) is 26.2 Å². The second kappa shape index (κ2) is 6.18. The van der Waals surface area contributed by atoms with Crippen LogP contribution in [0.2, 0.25) is 0 Å². The average Bonchev–Trinajstić information content (AvgIpc) is 2.20. The van der Waals surface area contributed by atoms with Crippen LogP contribution in [0.1, 0.15) is 47.5 Å². The van der Waals surface area contributed by atoms with Gasteiger partial charge >= 0.3 is 0 Å². The van der Waals surface area contributed by atoms with Crippen molar-refractivity contribution in [1.82, 2.24) is 0 Å². The highest BCUT2D eigenvalue weighted by Crippen LogP contribution is 2.29. The Labute approximate surface area is 88.8 Å². The summed E-state index contributed by atoms with van der Waals surface area (Å²) in [5.41, 5.74) is 0.990. The Balaban J connectivity index is 4.95. The molecule has 0 amide bonds. The van der Waals surface area contributed by atoms with Gasteiger partial charge in [-0.1, -0.05) is 27.2 Å². The zero-order chi connectivity index (χ0) is 11.2.